The number of nitrogens with zero attached hydrogens (tertiary/aromatic N) is 4. The van der Waals surface area contributed by atoms with Crippen molar-refractivity contribution in [3.05, 3.63) is 89.2 Å². The van der Waals surface area contributed by atoms with E-state index in [0.717, 1.165) is 16.5 Å². The first kappa shape index (κ1) is 20.1. The van der Waals surface area contributed by atoms with Crippen LogP contribution in [0.5, 0.6) is 5.75 Å². The van der Waals surface area contributed by atoms with Crippen molar-refractivity contribution in [2.24, 2.45) is 5.10 Å². The van der Waals surface area contributed by atoms with Crippen molar-refractivity contribution in [2.75, 3.05) is 12.1 Å². The van der Waals surface area contributed by atoms with Crippen molar-refractivity contribution in [3.63, 3.8) is 0 Å². The first-order valence-electron chi connectivity index (χ1n) is 9.98. The number of aromatic nitrogens is 2. The topological polar surface area (TPSA) is 69.0 Å². The number of benzene rings is 2. The van der Waals surface area contributed by atoms with E-state index in [1.807, 2.05) is 59.3 Å². The molecule has 5 rings (SSSR count). The van der Waals surface area contributed by atoms with Crippen molar-refractivity contribution in [1.82, 2.24) is 9.55 Å². The van der Waals surface area contributed by atoms with Gasteiger partial charge in [-0.05, 0) is 48.0 Å². The molecule has 8 heteroatoms. The molecule has 0 saturated carbocycles. The molecule has 1 atom stereocenters. The van der Waals surface area contributed by atoms with Crippen LogP contribution in [0.25, 0.3) is 10.9 Å². The number of Topliss-reactive ketones (excluding diaryl/α,β-unsaturated/α-hetero) is 1. The monoisotopic (exact) mass is 446 g/mol. The summed E-state index contributed by atoms with van der Waals surface area (Å²) in [5.41, 5.74) is 2.49. The van der Waals surface area contributed by atoms with Crippen molar-refractivity contribution in [1.29, 1.82) is 0 Å². The Hall–Kier alpha value is -3.84. The number of pyridine rings is 1. The first-order chi connectivity index (χ1) is 15.6. The van der Waals surface area contributed by atoms with Crippen LogP contribution >= 0.6 is 11.6 Å². The van der Waals surface area contributed by atoms with Crippen LogP contribution in [-0.2, 0) is 11.3 Å². The van der Waals surface area contributed by atoms with E-state index in [-0.39, 0.29) is 5.78 Å². The maximum absolute atomic E-state index is 13.6. The number of rotatable bonds is 6. The molecule has 32 heavy (non-hydrogen) atoms. The molecule has 0 spiro atoms. The molecule has 2 aromatic carbocycles. The normalized spacial score (nSPS) is 15.2. The lowest BCUT2D eigenvalue weighted by atomic mass is 10.1. The van der Waals surface area contributed by atoms with Gasteiger partial charge in [0, 0.05) is 40.4 Å². The summed E-state index contributed by atoms with van der Waals surface area (Å²) in [6.45, 7) is 0.583. The molecular formula is C24H19ClN4O3. The van der Waals surface area contributed by atoms with Crippen molar-refractivity contribution < 1.29 is 14.3 Å². The minimum absolute atomic E-state index is 0.221. The molecule has 7 nitrogen and oxygen atoms in total. The molecule has 0 amide bonds. The summed E-state index contributed by atoms with van der Waals surface area (Å²) in [6, 6.07) is 18.7. The zero-order valence-electron chi connectivity index (χ0n) is 17.2. The first-order valence-corrected chi connectivity index (χ1v) is 10.4. The molecule has 4 aromatic rings. The number of hydrazone groups is 1. The maximum atomic E-state index is 13.6. The Morgan fingerprint density at radius 1 is 1.16 bits per heavy atom. The highest BCUT2D eigenvalue weighted by Crippen LogP contribution is 2.30. The Labute approximate surface area is 189 Å². The molecular weight excluding hydrogens is 428 g/mol. The van der Waals surface area contributed by atoms with Crippen LogP contribution in [0.2, 0.25) is 5.02 Å². The molecule has 0 N–H and O–H groups in total. The van der Waals surface area contributed by atoms with E-state index in [0.29, 0.717) is 28.7 Å². The molecule has 2 aromatic heterocycles. The van der Waals surface area contributed by atoms with Gasteiger partial charge in [-0.1, -0.05) is 29.8 Å². The predicted octanol–water partition coefficient (Wildman–Crippen LogP) is 4.74. The van der Waals surface area contributed by atoms with E-state index in [1.165, 1.54) is 11.4 Å². The lowest BCUT2D eigenvalue weighted by molar-refractivity contribution is 0.0811. The highest BCUT2D eigenvalue weighted by atomic mass is 35.5. The Morgan fingerprint density at radius 2 is 2.00 bits per heavy atom. The zero-order valence-corrected chi connectivity index (χ0v) is 17.9. The van der Waals surface area contributed by atoms with Gasteiger partial charge in [-0.25, -0.2) is 4.98 Å². The fraction of sp³-hybridized carbons (Fsp3) is 0.125. The summed E-state index contributed by atoms with van der Waals surface area (Å²) >= 11 is 6.02. The van der Waals surface area contributed by atoms with E-state index >= 15 is 0 Å². The standard InChI is InChI=1S/C24H19ClN4O3/c1-31-18-9-10-21-19(12-18)20(14-28(21)13-16-5-7-17(25)8-6-16)23(30)24-29(27-15-32-24)22-4-2-3-11-26-22/h2-12,14-15,24H,13H2,1H3. The molecule has 1 unspecified atom stereocenters. The third-order valence-electron chi connectivity index (χ3n) is 5.31. The minimum atomic E-state index is -0.939. The molecule has 1 aliphatic rings. The van der Waals surface area contributed by atoms with Gasteiger partial charge in [0.2, 0.25) is 5.78 Å². The van der Waals surface area contributed by atoms with Gasteiger partial charge in [0.15, 0.2) is 12.2 Å². The number of hydrogen-bond donors (Lipinski definition) is 0. The number of carbonyl (C=O) groups excluding carboxylic acids is 1. The molecule has 0 radical (unpaired) electrons. The second-order valence-electron chi connectivity index (χ2n) is 7.29. The minimum Gasteiger partial charge on any atom is -0.497 e. The highest BCUT2D eigenvalue weighted by molar-refractivity contribution is 6.30. The summed E-state index contributed by atoms with van der Waals surface area (Å²) in [7, 11) is 1.60. The smallest absolute Gasteiger partial charge is 0.258 e. The molecule has 0 saturated heterocycles. The average molecular weight is 447 g/mol. The van der Waals surface area contributed by atoms with Crippen LogP contribution in [0.1, 0.15) is 15.9 Å². The van der Waals surface area contributed by atoms with Gasteiger partial charge in [0.1, 0.15) is 5.75 Å². The number of carbonyl (C=O) groups is 1. The van der Waals surface area contributed by atoms with Gasteiger partial charge in [-0.3, -0.25) is 4.79 Å². The van der Waals surface area contributed by atoms with E-state index in [2.05, 4.69) is 10.1 Å². The predicted molar refractivity (Wildman–Crippen MR) is 123 cm³/mol. The van der Waals surface area contributed by atoms with E-state index in [9.17, 15) is 4.79 Å². The summed E-state index contributed by atoms with van der Waals surface area (Å²) in [5, 5.41) is 7.12. The maximum Gasteiger partial charge on any atom is 0.258 e. The van der Waals surface area contributed by atoms with Gasteiger partial charge in [-0.15, -0.1) is 5.10 Å². The fourth-order valence-corrected chi connectivity index (χ4v) is 3.87. The summed E-state index contributed by atoms with van der Waals surface area (Å²) < 4.78 is 13.0. The SMILES string of the molecule is COc1ccc2c(c1)c(C(=O)C1OC=NN1c1ccccn1)cn2Cc1ccc(Cl)cc1. The van der Waals surface area contributed by atoms with Gasteiger partial charge in [-0.2, -0.15) is 5.01 Å². The Balaban J connectivity index is 1.55. The Morgan fingerprint density at radius 3 is 2.75 bits per heavy atom. The number of ether oxygens (including phenoxy) is 2. The summed E-state index contributed by atoms with van der Waals surface area (Å²) in [4.78, 5) is 17.9. The largest absolute Gasteiger partial charge is 0.497 e. The molecule has 0 fully saturated rings. The Kier molecular flexibility index (Phi) is 5.25. The van der Waals surface area contributed by atoms with Gasteiger partial charge < -0.3 is 14.0 Å². The van der Waals surface area contributed by atoms with Gasteiger partial charge in [0.25, 0.3) is 6.23 Å². The number of anilines is 1. The third-order valence-corrected chi connectivity index (χ3v) is 5.56. The van der Waals surface area contributed by atoms with E-state index in [4.69, 9.17) is 21.1 Å². The molecule has 0 aliphatic carbocycles. The second-order valence-corrected chi connectivity index (χ2v) is 7.72. The number of methoxy groups -OCH3 is 1. The van der Waals surface area contributed by atoms with Gasteiger partial charge >= 0.3 is 0 Å². The molecule has 0 bridgehead atoms. The van der Waals surface area contributed by atoms with Crippen LogP contribution in [0.15, 0.2) is 78.2 Å². The van der Waals surface area contributed by atoms with Crippen LogP contribution in [0, 0.1) is 0 Å². The molecule has 1 aliphatic heterocycles. The number of ketones is 1. The van der Waals surface area contributed by atoms with Gasteiger partial charge in [0.05, 0.1) is 7.11 Å². The lowest BCUT2D eigenvalue weighted by Crippen LogP contribution is -2.36. The highest BCUT2D eigenvalue weighted by Gasteiger charge is 2.34. The Bertz CT molecular complexity index is 1300. The molecule has 160 valence electrons. The van der Waals surface area contributed by atoms with Crippen LogP contribution in [-0.4, -0.2) is 35.1 Å². The third kappa shape index (κ3) is 3.67. The average Bonchev–Trinajstić information content (AvgIpc) is 3.46. The van der Waals surface area contributed by atoms with Crippen molar-refractivity contribution in [3.8, 4) is 5.75 Å². The van der Waals surface area contributed by atoms with Crippen LogP contribution in [0.3, 0.4) is 0 Å². The van der Waals surface area contributed by atoms with Crippen molar-refractivity contribution in [2.45, 2.75) is 12.8 Å². The summed E-state index contributed by atoms with van der Waals surface area (Å²) in [5.74, 6) is 0.976. The fourth-order valence-electron chi connectivity index (χ4n) is 3.75. The van der Waals surface area contributed by atoms with E-state index in [1.54, 1.807) is 25.4 Å². The number of hydrogen-bond acceptors (Lipinski definition) is 6. The molecule has 3 heterocycles. The zero-order chi connectivity index (χ0) is 22.1. The van der Waals surface area contributed by atoms with Crippen molar-refractivity contribution >= 4 is 40.5 Å². The lowest BCUT2D eigenvalue weighted by Gasteiger charge is -2.19. The van der Waals surface area contributed by atoms with E-state index < -0.39 is 6.23 Å². The van der Waals surface area contributed by atoms with Crippen LogP contribution < -0.4 is 9.75 Å². The summed E-state index contributed by atoms with van der Waals surface area (Å²) in [6.07, 6.45) is 3.82. The quantitative estimate of drug-likeness (QED) is 0.400. The second kappa shape index (κ2) is 8.36. The number of halogens is 1. The van der Waals surface area contributed by atoms with Crippen LogP contribution in [0.4, 0.5) is 5.82 Å². The number of fused-ring (bicyclic) bond motifs is 1.